The first kappa shape index (κ1) is 14.0. The number of carbonyl (C=O) groups is 3. The van der Waals surface area contributed by atoms with Gasteiger partial charge in [0.25, 0.3) is 5.78 Å². The summed E-state index contributed by atoms with van der Waals surface area (Å²) in [6.45, 7) is 2.81. The molecule has 0 saturated carbocycles. The number of Topliss-reactive ketones (excluding diaryl/α,β-unsaturated/α-hetero) is 1. The van der Waals surface area contributed by atoms with E-state index < -0.39 is 47.4 Å². The van der Waals surface area contributed by atoms with Gasteiger partial charge in [-0.25, -0.2) is 4.79 Å². The Morgan fingerprint density at radius 2 is 2.00 bits per heavy atom. The Bertz CT molecular complexity index is 452. The number of carbonyl (C=O) groups excluding carboxylic acids is 2. The first-order valence-electron chi connectivity index (χ1n) is 5.29. The van der Waals surface area contributed by atoms with Crippen molar-refractivity contribution in [2.45, 2.75) is 26.0 Å². The van der Waals surface area contributed by atoms with Crippen molar-refractivity contribution in [3.63, 3.8) is 0 Å². The molecule has 1 aliphatic rings. The van der Waals surface area contributed by atoms with E-state index in [4.69, 9.17) is 10.6 Å². The molecule has 3 N–H and O–H groups in total. The van der Waals surface area contributed by atoms with Gasteiger partial charge < -0.3 is 21.1 Å². The van der Waals surface area contributed by atoms with E-state index in [-0.39, 0.29) is 0 Å². The van der Waals surface area contributed by atoms with Gasteiger partial charge in [0.15, 0.2) is 0 Å². The van der Waals surface area contributed by atoms with E-state index in [9.17, 15) is 19.5 Å². The molecule has 98 valence electrons. The number of hydrogen-bond donors (Lipinski definition) is 3. The predicted octanol–water partition coefficient (Wildman–Crippen LogP) is -1.56. The van der Waals surface area contributed by atoms with Crippen molar-refractivity contribution < 1.29 is 29.4 Å². The zero-order chi connectivity index (χ0) is 14.0. The fourth-order valence-electron chi connectivity index (χ4n) is 1.95. The standard InChI is InChI=1S/C10H13N3O5/c1-3(8(15)7(13-11)10(17)18)6-5(4(2)14)9(16)12-6/h3-6,14H,1-2H3,(H,12,16)(H,17,18)/t3-,4-,5?,6?/m1/s1. The van der Waals surface area contributed by atoms with Crippen LogP contribution in [0.4, 0.5) is 0 Å². The maximum atomic E-state index is 11.7. The second kappa shape index (κ2) is 5.07. The van der Waals surface area contributed by atoms with Crippen molar-refractivity contribution in [3.8, 4) is 0 Å². The number of aliphatic hydroxyl groups excluding tert-OH is 1. The van der Waals surface area contributed by atoms with Crippen molar-refractivity contribution in [2.75, 3.05) is 0 Å². The molecule has 1 fully saturated rings. The summed E-state index contributed by atoms with van der Waals surface area (Å²) < 4.78 is 0. The lowest BCUT2D eigenvalue weighted by Crippen LogP contribution is -2.66. The number of amides is 1. The Kier molecular flexibility index (Phi) is 3.95. The van der Waals surface area contributed by atoms with Gasteiger partial charge >= 0.3 is 11.7 Å². The normalized spacial score (nSPS) is 25.2. The summed E-state index contributed by atoms with van der Waals surface area (Å²) >= 11 is 0. The van der Waals surface area contributed by atoms with E-state index >= 15 is 0 Å². The van der Waals surface area contributed by atoms with Crippen LogP contribution in [0.2, 0.25) is 0 Å². The lowest BCUT2D eigenvalue weighted by molar-refractivity contribution is -0.145. The number of ketones is 1. The molecule has 0 bridgehead atoms. The van der Waals surface area contributed by atoms with Gasteiger partial charge in [-0.05, 0) is 6.92 Å². The molecule has 0 radical (unpaired) electrons. The third-order valence-electron chi connectivity index (χ3n) is 3.01. The minimum atomic E-state index is -1.64. The number of nitrogens with one attached hydrogen (secondary N) is 1. The van der Waals surface area contributed by atoms with Crippen molar-refractivity contribution in [2.24, 2.45) is 11.8 Å². The number of nitrogens with zero attached hydrogens (tertiary/aromatic N) is 2. The highest BCUT2D eigenvalue weighted by Gasteiger charge is 2.49. The number of rotatable bonds is 5. The minimum Gasteiger partial charge on any atom is -0.472 e. The molecule has 1 saturated heterocycles. The molecule has 0 aliphatic carbocycles. The zero-order valence-electron chi connectivity index (χ0n) is 9.82. The first-order chi connectivity index (χ1) is 8.31. The average molecular weight is 255 g/mol. The van der Waals surface area contributed by atoms with Gasteiger partial charge in [-0.15, -0.1) is 0 Å². The van der Waals surface area contributed by atoms with E-state index in [1.54, 1.807) is 0 Å². The Labute approximate surface area is 102 Å². The van der Waals surface area contributed by atoms with Crippen molar-refractivity contribution >= 4 is 23.4 Å². The Morgan fingerprint density at radius 1 is 1.44 bits per heavy atom. The minimum absolute atomic E-state index is 0.396. The van der Waals surface area contributed by atoms with Crippen LogP contribution in [0.15, 0.2) is 0 Å². The maximum absolute atomic E-state index is 11.7. The third kappa shape index (κ3) is 2.29. The molecule has 1 heterocycles. The fraction of sp³-hybridized carbons (Fsp3) is 0.600. The summed E-state index contributed by atoms with van der Waals surface area (Å²) in [4.78, 5) is 36.0. The fourth-order valence-corrected chi connectivity index (χ4v) is 1.95. The number of aliphatic hydroxyl groups is 1. The highest BCUT2D eigenvalue weighted by Crippen LogP contribution is 2.26. The van der Waals surface area contributed by atoms with E-state index in [0.29, 0.717) is 0 Å². The van der Waals surface area contributed by atoms with Crippen LogP contribution in [0.3, 0.4) is 0 Å². The van der Waals surface area contributed by atoms with Gasteiger partial charge in [0.05, 0.1) is 18.1 Å². The quantitative estimate of drug-likeness (QED) is 0.179. The predicted molar refractivity (Wildman–Crippen MR) is 57.5 cm³/mol. The van der Waals surface area contributed by atoms with Crippen molar-refractivity contribution in [1.82, 2.24) is 5.32 Å². The second-order valence-corrected chi connectivity index (χ2v) is 4.21. The highest BCUT2D eigenvalue weighted by atomic mass is 16.4. The van der Waals surface area contributed by atoms with Crippen molar-refractivity contribution in [1.29, 1.82) is 0 Å². The second-order valence-electron chi connectivity index (χ2n) is 4.21. The van der Waals surface area contributed by atoms with E-state index in [0.717, 1.165) is 0 Å². The molecule has 0 aromatic rings. The highest BCUT2D eigenvalue weighted by molar-refractivity contribution is 6.62. The van der Waals surface area contributed by atoms with Gasteiger partial charge in [-0.3, -0.25) is 9.59 Å². The Balaban J connectivity index is 2.86. The summed E-state index contributed by atoms with van der Waals surface area (Å²) in [5.74, 6) is -4.61. The topological polar surface area (TPSA) is 140 Å². The smallest absolute Gasteiger partial charge is 0.441 e. The van der Waals surface area contributed by atoms with Gasteiger partial charge in [0.1, 0.15) is 0 Å². The molecule has 1 rings (SSSR count). The number of aliphatic carboxylic acids is 1. The third-order valence-corrected chi connectivity index (χ3v) is 3.01. The van der Waals surface area contributed by atoms with E-state index in [2.05, 4.69) is 10.1 Å². The molecule has 0 aromatic carbocycles. The molecule has 0 spiro atoms. The molecule has 4 atom stereocenters. The van der Waals surface area contributed by atoms with E-state index in [1.807, 2.05) is 0 Å². The van der Waals surface area contributed by atoms with Gasteiger partial charge in [-0.1, -0.05) is 6.92 Å². The molecule has 1 aliphatic heterocycles. The van der Waals surface area contributed by atoms with Crippen molar-refractivity contribution in [3.05, 3.63) is 5.53 Å². The van der Waals surface area contributed by atoms with Crippen LogP contribution in [0.1, 0.15) is 13.8 Å². The van der Waals surface area contributed by atoms with Gasteiger partial charge in [0, 0.05) is 5.92 Å². The number of β-lactam (4-membered cyclic amide) rings is 1. The first-order valence-corrected chi connectivity index (χ1v) is 5.29. The lowest BCUT2D eigenvalue weighted by atomic mass is 9.76. The summed E-state index contributed by atoms with van der Waals surface area (Å²) in [5.41, 5.74) is 7.47. The summed E-state index contributed by atoms with van der Waals surface area (Å²) in [5, 5.41) is 20.4. The molecular weight excluding hydrogens is 242 g/mol. The maximum Gasteiger partial charge on any atom is 0.441 e. The molecule has 18 heavy (non-hydrogen) atoms. The van der Waals surface area contributed by atoms with Crippen LogP contribution in [-0.2, 0) is 14.4 Å². The number of carboxylic acids is 1. The zero-order valence-corrected chi connectivity index (χ0v) is 9.82. The molecule has 8 heteroatoms. The molecule has 2 unspecified atom stereocenters. The number of carboxylic acid groups (broad SMARTS) is 1. The van der Waals surface area contributed by atoms with Crippen LogP contribution in [0, 0.1) is 11.8 Å². The number of hydrogen-bond acceptors (Lipinski definition) is 4. The van der Waals surface area contributed by atoms with E-state index in [1.165, 1.54) is 13.8 Å². The monoisotopic (exact) mass is 255 g/mol. The molecule has 0 aromatic heterocycles. The van der Waals surface area contributed by atoms with Gasteiger partial charge in [-0.2, -0.15) is 4.79 Å². The Morgan fingerprint density at radius 3 is 2.33 bits per heavy atom. The SMILES string of the molecule is C[C@@H](O)C1C(=O)NC1[C@@H](C)C(=O)C(=[N+]=[N-])C(=O)O. The summed E-state index contributed by atoms with van der Waals surface area (Å²) in [6.07, 6.45) is -0.946. The van der Waals surface area contributed by atoms with Crippen LogP contribution < -0.4 is 5.32 Å². The molecule has 1 amide bonds. The Hall–Kier alpha value is -2.05. The van der Waals surface area contributed by atoms with Gasteiger partial charge in [0.2, 0.25) is 5.91 Å². The lowest BCUT2D eigenvalue weighted by Gasteiger charge is -2.40. The molecule has 8 nitrogen and oxygen atoms in total. The summed E-state index contributed by atoms with van der Waals surface area (Å²) in [6, 6.07) is -0.666. The van der Waals surface area contributed by atoms with Crippen LogP contribution in [0.5, 0.6) is 0 Å². The largest absolute Gasteiger partial charge is 0.472 e. The molecular formula is C10H13N3O5. The van der Waals surface area contributed by atoms with Crippen LogP contribution in [-0.4, -0.2) is 50.5 Å². The summed E-state index contributed by atoms with van der Waals surface area (Å²) in [7, 11) is 0. The average Bonchev–Trinajstić information content (AvgIpc) is 2.24. The van der Waals surface area contributed by atoms with Crippen LogP contribution in [0.25, 0.3) is 5.53 Å². The van der Waals surface area contributed by atoms with Crippen LogP contribution >= 0.6 is 0 Å².